The molecule has 144 valence electrons. The minimum absolute atomic E-state index is 0.443. The van der Waals surface area contributed by atoms with Crippen LogP contribution in [0, 0.1) is 0 Å². The standard InChI is InChI=1S/C21H16ClN5OS/c22-17-4-6-18(7-5-17)27-20(15-8-10-24-11-9-15)25-26-21(27)29-13-14-2-1-3-16(12-14)19(23)28/h1-12H,13H2,(H2,23,28). The molecule has 0 atom stereocenters. The fourth-order valence-corrected chi connectivity index (χ4v) is 3.86. The van der Waals surface area contributed by atoms with E-state index in [2.05, 4.69) is 15.2 Å². The Morgan fingerprint density at radius 2 is 1.79 bits per heavy atom. The van der Waals surface area contributed by atoms with Crippen molar-refractivity contribution in [2.75, 3.05) is 0 Å². The maximum Gasteiger partial charge on any atom is 0.248 e. The van der Waals surface area contributed by atoms with Crippen molar-refractivity contribution in [2.24, 2.45) is 5.73 Å². The second kappa shape index (κ2) is 8.46. The topological polar surface area (TPSA) is 86.7 Å². The molecule has 0 aliphatic carbocycles. The first-order chi connectivity index (χ1) is 14.1. The first kappa shape index (κ1) is 19.2. The summed E-state index contributed by atoms with van der Waals surface area (Å²) >= 11 is 7.58. The molecule has 1 amide bonds. The number of pyridine rings is 1. The van der Waals surface area contributed by atoms with Gasteiger partial charge >= 0.3 is 0 Å². The Hall–Kier alpha value is -3.16. The summed E-state index contributed by atoms with van der Waals surface area (Å²) in [4.78, 5) is 15.5. The van der Waals surface area contributed by atoms with Crippen LogP contribution in [0.2, 0.25) is 5.02 Å². The van der Waals surface area contributed by atoms with Crippen molar-refractivity contribution >= 4 is 29.3 Å². The van der Waals surface area contributed by atoms with Gasteiger partial charge in [-0.05, 0) is 54.1 Å². The fourth-order valence-electron chi connectivity index (χ4n) is 2.84. The minimum Gasteiger partial charge on any atom is -0.366 e. The van der Waals surface area contributed by atoms with Crippen molar-refractivity contribution in [3.05, 3.63) is 89.2 Å². The Balaban J connectivity index is 1.70. The number of halogens is 1. The number of rotatable bonds is 6. The Bertz CT molecular complexity index is 1150. The van der Waals surface area contributed by atoms with Crippen LogP contribution in [0.5, 0.6) is 0 Å². The average molecular weight is 422 g/mol. The molecular weight excluding hydrogens is 406 g/mol. The van der Waals surface area contributed by atoms with E-state index in [0.717, 1.165) is 22.0 Å². The number of amides is 1. The van der Waals surface area contributed by atoms with E-state index >= 15 is 0 Å². The van der Waals surface area contributed by atoms with Crippen LogP contribution in [0.1, 0.15) is 15.9 Å². The summed E-state index contributed by atoms with van der Waals surface area (Å²) in [5, 5.41) is 10.2. The quantitative estimate of drug-likeness (QED) is 0.467. The number of nitrogens with zero attached hydrogens (tertiary/aromatic N) is 4. The molecule has 0 fully saturated rings. The molecule has 2 heterocycles. The molecule has 4 rings (SSSR count). The number of nitrogens with two attached hydrogens (primary N) is 1. The van der Waals surface area contributed by atoms with Gasteiger partial charge in [-0.25, -0.2) is 0 Å². The van der Waals surface area contributed by atoms with Gasteiger partial charge in [-0.3, -0.25) is 14.3 Å². The molecule has 0 saturated carbocycles. The van der Waals surface area contributed by atoms with E-state index < -0.39 is 5.91 Å². The molecule has 2 aromatic carbocycles. The molecule has 0 aliphatic heterocycles. The molecule has 0 radical (unpaired) electrons. The van der Waals surface area contributed by atoms with E-state index in [1.807, 2.05) is 53.1 Å². The Kier molecular flexibility index (Phi) is 5.59. The van der Waals surface area contributed by atoms with Crippen molar-refractivity contribution in [2.45, 2.75) is 10.9 Å². The molecule has 29 heavy (non-hydrogen) atoms. The summed E-state index contributed by atoms with van der Waals surface area (Å²) in [7, 11) is 0. The molecule has 4 aromatic rings. The SMILES string of the molecule is NC(=O)c1cccc(CSc2nnc(-c3ccncc3)n2-c2ccc(Cl)cc2)c1. The molecule has 2 aromatic heterocycles. The van der Waals surface area contributed by atoms with Gasteiger partial charge in [-0.1, -0.05) is 35.5 Å². The largest absolute Gasteiger partial charge is 0.366 e. The van der Waals surface area contributed by atoms with Crippen molar-refractivity contribution in [1.29, 1.82) is 0 Å². The third-order valence-electron chi connectivity index (χ3n) is 4.24. The number of carbonyl (C=O) groups excluding carboxylic acids is 1. The maximum atomic E-state index is 11.4. The lowest BCUT2D eigenvalue weighted by Crippen LogP contribution is -2.10. The Labute approximate surface area is 176 Å². The highest BCUT2D eigenvalue weighted by molar-refractivity contribution is 7.98. The fraction of sp³-hybridized carbons (Fsp3) is 0.0476. The van der Waals surface area contributed by atoms with E-state index in [0.29, 0.717) is 22.2 Å². The number of aromatic nitrogens is 4. The zero-order chi connectivity index (χ0) is 20.2. The van der Waals surface area contributed by atoms with Gasteiger partial charge in [0.15, 0.2) is 11.0 Å². The Morgan fingerprint density at radius 1 is 1.03 bits per heavy atom. The molecule has 0 saturated heterocycles. The number of primary amides is 1. The van der Waals surface area contributed by atoms with Gasteiger partial charge in [-0.2, -0.15) is 0 Å². The Morgan fingerprint density at radius 3 is 2.52 bits per heavy atom. The van der Waals surface area contributed by atoms with Crippen molar-refractivity contribution in [3.63, 3.8) is 0 Å². The number of thioether (sulfide) groups is 1. The van der Waals surface area contributed by atoms with E-state index in [-0.39, 0.29) is 0 Å². The number of hydrogen-bond acceptors (Lipinski definition) is 5. The first-order valence-corrected chi connectivity index (χ1v) is 10.1. The molecule has 2 N–H and O–H groups in total. The predicted molar refractivity (Wildman–Crippen MR) is 114 cm³/mol. The van der Waals surface area contributed by atoms with Gasteiger partial charge in [0.2, 0.25) is 5.91 Å². The lowest BCUT2D eigenvalue weighted by Gasteiger charge is -2.10. The van der Waals surface area contributed by atoms with Crippen molar-refractivity contribution < 1.29 is 4.79 Å². The second-order valence-electron chi connectivity index (χ2n) is 6.21. The second-order valence-corrected chi connectivity index (χ2v) is 7.59. The zero-order valence-electron chi connectivity index (χ0n) is 15.2. The molecule has 6 nitrogen and oxygen atoms in total. The van der Waals surface area contributed by atoms with Crippen LogP contribution in [0.15, 0.2) is 78.2 Å². The van der Waals surface area contributed by atoms with Crippen LogP contribution in [-0.2, 0) is 5.75 Å². The van der Waals surface area contributed by atoms with Gasteiger partial charge in [0, 0.05) is 40.0 Å². The molecule has 0 bridgehead atoms. The van der Waals surface area contributed by atoms with Crippen LogP contribution in [0.4, 0.5) is 0 Å². The van der Waals surface area contributed by atoms with Crippen LogP contribution in [0.25, 0.3) is 17.1 Å². The lowest BCUT2D eigenvalue weighted by atomic mass is 10.1. The molecule has 0 aliphatic rings. The first-order valence-electron chi connectivity index (χ1n) is 8.75. The zero-order valence-corrected chi connectivity index (χ0v) is 16.8. The highest BCUT2D eigenvalue weighted by Crippen LogP contribution is 2.30. The number of hydrogen-bond donors (Lipinski definition) is 1. The summed E-state index contributed by atoms with van der Waals surface area (Å²) in [5.41, 5.74) is 8.65. The van der Waals surface area contributed by atoms with Crippen molar-refractivity contribution in [1.82, 2.24) is 19.7 Å². The van der Waals surface area contributed by atoms with Crippen LogP contribution < -0.4 is 5.73 Å². The summed E-state index contributed by atoms with van der Waals surface area (Å²) in [5.74, 6) is 0.882. The minimum atomic E-state index is -0.443. The van der Waals surface area contributed by atoms with E-state index in [4.69, 9.17) is 17.3 Å². The summed E-state index contributed by atoms with van der Waals surface area (Å²) < 4.78 is 1.98. The van der Waals surface area contributed by atoms with Crippen LogP contribution >= 0.6 is 23.4 Å². The van der Waals surface area contributed by atoms with Gasteiger partial charge in [0.05, 0.1) is 0 Å². The van der Waals surface area contributed by atoms with E-state index in [1.54, 1.807) is 24.5 Å². The van der Waals surface area contributed by atoms with Gasteiger partial charge in [0.25, 0.3) is 0 Å². The summed E-state index contributed by atoms with van der Waals surface area (Å²) in [6.45, 7) is 0. The highest BCUT2D eigenvalue weighted by atomic mass is 35.5. The molecule has 0 spiro atoms. The highest BCUT2D eigenvalue weighted by Gasteiger charge is 2.16. The molecular formula is C21H16ClN5OS. The van der Waals surface area contributed by atoms with E-state index in [1.165, 1.54) is 11.8 Å². The smallest absolute Gasteiger partial charge is 0.248 e. The van der Waals surface area contributed by atoms with E-state index in [9.17, 15) is 4.79 Å². The average Bonchev–Trinajstić information content (AvgIpc) is 3.17. The lowest BCUT2D eigenvalue weighted by molar-refractivity contribution is 0.1000. The molecule has 0 unspecified atom stereocenters. The maximum absolute atomic E-state index is 11.4. The van der Waals surface area contributed by atoms with Gasteiger partial charge in [0.1, 0.15) is 0 Å². The van der Waals surface area contributed by atoms with Crippen LogP contribution in [0.3, 0.4) is 0 Å². The summed E-state index contributed by atoms with van der Waals surface area (Å²) in [6.07, 6.45) is 3.44. The molecule has 8 heteroatoms. The van der Waals surface area contributed by atoms with Gasteiger partial charge in [-0.15, -0.1) is 10.2 Å². The normalized spacial score (nSPS) is 10.8. The summed E-state index contributed by atoms with van der Waals surface area (Å²) in [6, 6.07) is 18.6. The third-order valence-corrected chi connectivity index (χ3v) is 5.49. The number of carbonyl (C=O) groups is 1. The van der Waals surface area contributed by atoms with Gasteiger partial charge < -0.3 is 5.73 Å². The predicted octanol–water partition coefficient (Wildman–Crippen LogP) is 4.37. The monoisotopic (exact) mass is 421 g/mol. The van der Waals surface area contributed by atoms with Crippen LogP contribution in [-0.4, -0.2) is 25.7 Å². The number of benzene rings is 2. The third kappa shape index (κ3) is 4.31. The van der Waals surface area contributed by atoms with Crippen molar-refractivity contribution in [3.8, 4) is 17.1 Å².